The quantitative estimate of drug-likeness (QED) is 0.705. The van der Waals surface area contributed by atoms with Crippen LogP contribution in [0.1, 0.15) is 31.2 Å². The van der Waals surface area contributed by atoms with E-state index in [4.69, 9.17) is 0 Å². The summed E-state index contributed by atoms with van der Waals surface area (Å²) in [7, 11) is 0. The van der Waals surface area contributed by atoms with E-state index in [-0.39, 0.29) is 30.4 Å². The predicted molar refractivity (Wildman–Crippen MR) is 79.5 cm³/mol. The van der Waals surface area contributed by atoms with Gasteiger partial charge in [0, 0.05) is 25.1 Å². The molecular formula is C16H23FN2O2. The highest BCUT2D eigenvalue weighted by molar-refractivity contribution is 5.74. The van der Waals surface area contributed by atoms with Crippen molar-refractivity contribution in [2.45, 2.75) is 38.1 Å². The highest BCUT2D eigenvalue weighted by Crippen LogP contribution is 2.24. The number of carbonyl (C=O) groups excluding carboxylic acids is 1. The smallest absolute Gasteiger partial charge is 0.315 e. The summed E-state index contributed by atoms with van der Waals surface area (Å²) >= 11 is 0. The van der Waals surface area contributed by atoms with Crippen LogP contribution >= 0.6 is 0 Å². The second-order valence-corrected chi connectivity index (χ2v) is 5.61. The van der Waals surface area contributed by atoms with E-state index >= 15 is 0 Å². The zero-order valence-electron chi connectivity index (χ0n) is 12.1. The molecule has 1 aliphatic rings. The van der Waals surface area contributed by atoms with E-state index in [9.17, 15) is 14.3 Å². The molecule has 0 aromatic heterocycles. The minimum Gasteiger partial charge on any atom is -0.396 e. The first-order valence-electron chi connectivity index (χ1n) is 7.58. The molecule has 1 fully saturated rings. The number of aliphatic hydroxyl groups excluding tert-OH is 1. The van der Waals surface area contributed by atoms with Crippen LogP contribution in [0.3, 0.4) is 0 Å². The number of aryl methyl sites for hydroxylation is 1. The maximum Gasteiger partial charge on any atom is 0.315 e. The van der Waals surface area contributed by atoms with Gasteiger partial charge in [-0.05, 0) is 43.4 Å². The summed E-state index contributed by atoms with van der Waals surface area (Å²) in [5.74, 6) is -0.0440. The Balaban J connectivity index is 1.63. The van der Waals surface area contributed by atoms with Crippen molar-refractivity contribution < 1.29 is 14.3 Å². The SMILES string of the molecule is O=C(NCCCc1cccc(F)c1)N[C@H]1CCC[C@@H]1CO. The van der Waals surface area contributed by atoms with Gasteiger partial charge in [0.25, 0.3) is 0 Å². The molecule has 1 aromatic rings. The van der Waals surface area contributed by atoms with E-state index in [1.165, 1.54) is 12.1 Å². The van der Waals surface area contributed by atoms with Gasteiger partial charge in [0.05, 0.1) is 0 Å². The van der Waals surface area contributed by atoms with Crippen molar-refractivity contribution in [3.63, 3.8) is 0 Å². The minimum absolute atomic E-state index is 0.0817. The van der Waals surface area contributed by atoms with Gasteiger partial charge in [-0.1, -0.05) is 18.6 Å². The molecule has 0 saturated heterocycles. The first-order chi connectivity index (χ1) is 10.2. The second-order valence-electron chi connectivity index (χ2n) is 5.61. The van der Waals surface area contributed by atoms with Crippen molar-refractivity contribution >= 4 is 6.03 Å². The molecule has 5 heteroatoms. The predicted octanol–water partition coefficient (Wildman–Crippen LogP) is 2.22. The lowest BCUT2D eigenvalue weighted by Gasteiger charge is -2.19. The molecule has 4 nitrogen and oxygen atoms in total. The minimum atomic E-state index is -0.227. The third kappa shape index (κ3) is 5.01. The van der Waals surface area contributed by atoms with Gasteiger partial charge in [0.1, 0.15) is 5.82 Å². The van der Waals surface area contributed by atoms with Crippen molar-refractivity contribution in [1.82, 2.24) is 10.6 Å². The number of halogens is 1. The molecule has 2 amide bonds. The number of nitrogens with one attached hydrogen (secondary N) is 2. The number of rotatable bonds is 6. The number of urea groups is 1. The summed E-state index contributed by atoms with van der Waals surface area (Å²) in [6, 6.07) is 6.42. The van der Waals surface area contributed by atoms with Gasteiger partial charge in [-0.25, -0.2) is 9.18 Å². The molecule has 116 valence electrons. The normalized spacial score (nSPS) is 21.2. The molecule has 0 unspecified atom stereocenters. The van der Waals surface area contributed by atoms with Crippen LogP contribution in [-0.4, -0.2) is 30.3 Å². The average molecular weight is 294 g/mol. The summed E-state index contributed by atoms with van der Waals surface area (Å²) in [5.41, 5.74) is 0.938. The van der Waals surface area contributed by atoms with E-state index in [0.717, 1.165) is 37.7 Å². The molecule has 0 radical (unpaired) electrons. The lowest BCUT2D eigenvalue weighted by atomic mass is 10.1. The number of hydrogen-bond donors (Lipinski definition) is 3. The summed E-state index contributed by atoms with van der Waals surface area (Å²) in [6.45, 7) is 0.684. The summed E-state index contributed by atoms with van der Waals surface area (Å²) in [6.07, 6.45) is 4.46. The first kappa shape index (κ1) is 15.8. The van der Waals surface area contributed by atoms with Crippen molar-refractivity contribution in [2.75, 3.05) is 13.2 Å². The van der Waals surface area contributed by atoms with Gasteiger partial charge in [0.15, 0.2) is 0 Å². The summed E-state index contributed by atoms with van der Waals surface area (Å²) in [4.78, 5) is 11.8. The maximum absolute atomic E-state index is 13.0. The highest BCUT2D eigenvalue weighted by atomic mass is 19.1. The number of amides is 2. The Hall–Kier alpha value is -1.62. The lowest BCUT2D eigenvalue weighted by molar-refractivity contribution is 0.199. The van der Waals surface area contributed by atoms with Gasteiger partial charge in [-0.2, -0.15) is 0 Å². The Morgan fingerprint density at radius 1 is 1.38 bits per heavy atom. The number of hydrogen-bond acceptors (Lipinski definition) is 2. The Kier molecular flexibility index (Phi) is 5.99. The molecule has 1 aromatic carbocycles. The van der Waals surface area contributed by atoms with E-state index < -0.39 is 0 Å². The molecule has 2 atom stereocenters. The van der Waals surface area contributed by atoms with Gasteiger partial charge < -0.3 is 15.7 Å². The van der Waals surface area contributed by atoms with Crippen LogP contribution in [0.15, 0.2) is 24.3 Å². The standard InChI is InChI=1S/C16H23FN2O2/c17-14-7-1-4-12(10-14)5-3-9-18-16(21)19-15-8-2-6-13(15)11-20/h1,4,7,10,13,15,20H,2-3,5-6,8-9,11H2,(H2,18,19,21)/t13-,15+/m1/s1. The van der Waals surface area contributed by atoms with Crippen molar-refractivity contribution in [2.24, 2.45) is 5.92 Å². The molecule has 0 spiro atoms. The van der Waals surface area contributed by atoms with E-state index in [1.807, 2.05) is 6.07 Å². The molecule has 1 saturated carbocycles. The number of carbonyl (C=O) groups is 1. The van der Waals surface area contributed by atoms with Crippen LogP contribution in [0.25, 0.3) is 0 Å². The molecule has 2 rings (SSSR count). The fourth-order valence-electron chi connectivity index (χ4n) is 2.85. The Bertz CT molecular complexity index is 467. The van der Waals surface area contributed by atoms with Crippen LogP contribution in [0, 0.1) is 11.7 Å². The Morgan fingerprint density at radius 3 is 3.00 bits per heavy atom. The van der Waals surface area contributed by atoms with Gasteiger partial charge in [0.2, 0.25) is 0 Å². The number of aliphatic hydroxyl groups is 1. The van der Waals surface area contributed by atoms with Crippen LogP contribution in [0.4, 0.5) is 9.18 Å². The van der Waals surface area contributed by atoms with Gasteiger partial charge >= 0.3 is 6.03 Å². The van der Waals surface area contributed by atoms with Gasteiger partial charge in [-0.15, -0.1) is 0 Å². The molecule has 1 aliphatic carbocycles. The largest absolute Gasteiger partial charge is 0.396 e. The van der Waals surface area contributed by atoms with Crippen molar-refractivity contribution in [3.05, 3.63) is 35.6 Å². The van der Waals surface area contributed by atoms with Crippen molar-refractivity contribution in [1.29, 1.82) is 0 Å². The Morgan fingerprint density at radius 2 is 2.24 bits per heavy atom. The fraction of sp³-hybridized carbons (Fsp3) is 0.562. The zero-order chi connectivity index (χ0) is 15.1. The average Bonchev–Trinajstić information content (AvgIpc) is 2.91. The van der Waals surface area contributed by atoms with Crippen LogP contribution < -0.4 is 10.6 Å². The van der Waals surface area contributed by atoms with E-state index in [2.05, 4.69) is 10.6 Å². The zero-order valence-corrected chi connectivity index (χ0v) is 12.1. The third-order valence-corrected chi connectivity index (χ3v) is 4.03. The second kappa shape index (κ2) is 7.98. The van der Waals surface area contributed by atoms with Crippen LogP contribution in [-0.2, 0) is 6.42 Å². The monoisotopic (exact) mass is 294 g/mol. The van der Waals surface area contributed by atoms with Crippen LogP contribution in [0.2, 0.25) is 0 Å². The van der Waals surface area contributed by atoms with E-state index in [1.54, 1.807) is 6.07 Å². The first-order valence-corrected chi connectivity index (χ1v) is 7.58. The fourth-order valence-corrected chi connectivity index (χ4v) is 2.85. The molecule has 0 aliphatic heterocycles. The highest BCUT2D eigenvalue weighted by Gasteiger charge is 2.27. The molecular weight excluding hydrogens is 271 g/mol. The molecule has 21 heavy (non-hydrogen) atoms. The van der Waals surface area contributed by atoms with E-state index in [0.29, 0.717) is 6.54 Å². The molecule has 3 N–H and O–H groups in total. The maximum atomic E-state index is 13.0. The molecule has 0 bridgehead atoms. The third-order valence-electron chi connectivity index (χ3n) is 4.03. The lowest BCUT2D eigenvalue weighted by Crippen LogP contribution is -2.44. The number of benzene rings is 1. The molecule has 0 heterocycles. The van der Waals surface area contributed by atoms with Crippen LogP contribution in [0.5, 0.6) is 0 Å². The Labute approximate surface area is 124 Å². The van der Waals surface area contributed by atoms with Gasteiger partial charge in [-0.3, -0.25) is 0 Å². The topological polar surface area (TPSA) is 61.4 Å². The van der Waals surface area contributed by atoms with Crippen molar-refractivity contribution in [3.8, 4) is 0 Å². The summed E-state index contributed by atoms with van der Waals surface area (Å²) < 4.78 is 13.0. The summed E-state index contributed by atoms with van der Waals surface area (Å²) in [5, 5.41) is 14.9.